The first-order chi connectivity index (χ1) is 6.20. The predicted molar refractivity (Wildman–Crippen MR) is 55.0 cm³/mol. The van der Waals surface area contributed by atoms with Crippen molar-refractivity contribution >= 4 is 24.4 Å². The summed E-state index contributed by atoms with van der Waals surface area (Å²) in [5, 5.41) is 2.03. The van der Waals surface area contributed by atoms with Gasteiger partial charge in [0.2, 0.25) is 0 Å². The number of hydrogen-bond acceptors (Lipinski definition) is 3. The molecule has 0 fully saturated rings. The third kappa shape index (κ3) is 1.13. The van der Waals surface area contributed by atoms with Crippen LogP contribution in [0.25, 0.3) is 12.3 Å². The van der Waals surface area contributed by atoms with Crippen molar-refractivity contribution in [3.05, 3.63) is 22.7 Å². The van der Waals surface area contributed by atoms with Crippen LogP contribution in [0.2, 0.25) is 0 Å². The molecule has 3 nitrogen and oxygen atoms in total. The van der Waals surface area contributed by atoms with Crippen LogP contribution in [0.4, 0.5) is 5.82 Å². The lowest BCUT2D eigenvalue weighted by atomic mass is 10.2. The van der Waals surface area contributed by atoms with Crippen molar-refractivity contribution in [3.63, 3.8) is 0 Å². The van der Waals surface area contributed by atoms with Crippen molar-refractivity contribution in [2.45, 2.75) is 6.92 Å². The first kappa shape index (κ1) is 7.98. The van der Waals surface area contributed by atoms with Gasteiger partial charge in [-0.25, -0.2) is 9.98 Å². The summed E-state index contributed by atoms with van der Waals surface area (Å²) < 4.78 is 0. The van der Waals surface area contributed by atoms with E-state index in [0.29, 0.717) is 0 Å². The van der Waals surface area contributed by atoms with Gasteiger partial charge in [0.15, 0.2) is 0 Å². The van der Waals surface area contributed by atoms with Crippen LogP contribution in [-0.4, -0.2) is 18.4 Å². The van der Waals surface area contributed by atoms with Gasteiger partial charge >= 0.3 is 0 Å². The van der Waals surface area contributed by atoms with Crippen LogP contribution >= 0.6 is 0 Å². The van der Waals surface area contributed by atoms with Crippen molar-refractivity contribution in [1.29, 1.82) is 0 Å². The fourth-order valence-electron chi connectivity index (χ4n) is 1.44. The van der Waals surface area contributed by atoms with Crippen LogP contribution < -0.4 is 15.3 Å². The first-order valence-electron chi connectivity index (χ1n) is 4.12. The number of nitrogens with zero attached hydrogens (tertiary/aromatic N) is 3. The molecule has 0 unspecified atom stereocenters. The molecule has 0 aliphatic carbocycles. The Hall–Kier alpha value is -1.64. The second kappa shape index (κ2) is 2.69. The van der Waals surface area contributed by atoms with E-state index in [4.69, 9.17) is 0 Å². The van der Waals surface area contributed by atoms with Gasteiger partial charge in [0.25, 0.3) is 0 Å². The smallest absolute Gasteiger partial charge is 0.143 e. The Morgan fingerprint density at radius 3 is 2.92 bits per heavy atom. The monoisotopic (exact) mass is 173 g/mol. The van der Waals surface area contributed by atoms with Gasteiger partial charge in [-0.05, 0) is 18.2 Å². The maximum absolute atomic E-state index is 4.29. The molecule has 3 heteroatoms. The Morgan fingerprint density at radius 2 is 2.23 bits per heavy atom. The molecule has 13 heavy (non-hydrogen) atoms. The molecule has 1 aliphatic heterocycles. The molecule has 0 spiro atoms. The topological polar surface area (TPSA) is 28.5 Å². The zero-order valence-corrected chi connectivity index (χ0v) is 7.78. The molecule has 0 saturated carbocycles. The van der Waals surface area contributed by atoms with E-state index in [-0.39, 0.29) is 0 Å². The van der Waals surface area contributed by atoms with Gasteiger partial charge in [0, 0.05) is 18.5 Å². The summed E-state index contributed by atoms with van der Waals surface area (Å²) in [4.78, 5) is 10.4. The Labute approximate surface area is 76.7 Å². The van der Waals surface area contributed by atoms with E-state index >= 15 is 0 Å². The predicted octanol–water partition coefficient (Wildman–Crippen LogP) is 0.0981. The fourth-order valence-corrected chi connectivity index (χ4v) is 1.44. The van der Waals surface area contributed by atoms with Gasteiger partial charge in [-0.3, -0.25) is 0 Å². The first-order valence-corrected chi connectivity index (χ1v) is 4.12. The van der Waals surface area contributed by atoms with E-state index in [1.165, 1.54) is 0 Å². The van der Waals surface area contributed by atoms with Gasteiger partial charge in [0.1, 0.15) is 5.82 Å². The molecule has 1 aromatic rings. The number of pyridine rings is 1. The molecule has 0 aromatic carbocycles. The summed E-state index contributed by atoms with van der Waals surface area (Å²) in [7, 11) is 1.93. The lowest BCUT2D eigenvalue weighted by Crippen LogP contribution is -2.36. The molecular weight excluding hydrogens is 162 g/mol. The van der Waals surface area contributed by atoms with Gasteiger partial charge in [-0.1, -0.05) is 6.58 Å². The second-order valence-electron chi connectivity index (χ2n) is 3.11. The highest BCUT2D eigenvalue weighted by Crippen LogP contribution is 2.05. The summed E-state index contributed by atoms with van der Waals surface area (Å²) in [6, 6.07) is 1.90. The zero-order valence-electron chi connectivity index (χ0n) is 7.78. The number of fused-ring (bicyclic) bond motifs is 1. The average Bonchev–Trinajstić information content (AvgIpc) is 2.12. The summed E-state index contributed by atoms with van der Waals surface area (Å²) in [6.45, 7) is 5.93. The van der Waals surface area contributed by atoms with Gasteiger partial charge in [-0.15, -0.1) is 0 Å². The molecule has 0 radical (unpaired) electrons. The SMILES string of the molecule is C=c1ccnc2c1=C(C)N=CN2C. The third-order valence-corrected chi connectivity index (χ3v) is 2.14. The number of rotatable bonds is 0. The minimum Gasteiger partial charge on any atom is -0.320 e. The van der Waals surface area contributed by atoms with Crippen LogP contribution in [0, 0.1) is 0 Å². The Morgan fingerprint density at radius 1 is 1.46 bits per heavy atom. The number of anilines is 1. The van der Waals surface area contributed by atoms with Gasteiger partial charge in [0.05, 0.1) is 12.0 Å². The average molecular weight is 173 g/mol. The number of aromatic nitrogens is 1. The van der Waals surface area contributed by atoms with E-state index in [0.717, 1.165) is 22.0 Å². The lowest BCUT2D eigenvalue weighted by molar-refractivity contribution is 1.12. The van der Waals surface area contributed by atoms with Crippen molar-refractivity contribution in [2.24, 2.45) is 4.99 Å². The standard InChI is InChI=1S/C10H11N3/c1-7-4-5-11-10-9(7)8(2)12-6-13(10)3/h4-6H,1H2,2-3H3. The molecule has 2 heterocycles. The van der Waals surface area contributed by atoms with Crippen molar-refractivity contribution in [1.82, 2.24) is 4.98 Å². The van der Waals surface area contributed by atoms with Gasteiger partial charge < -0.3 is 4.90 Å². The van der Waals surface area contributed by atoms with Crippen molar-refractivity contribution in [2.75, 3.05) is 11.9 Å². The fraction of sp³-hybridized carbons (Fsp3) is 0.200. The molecule has 0 bridgehead atoms. The molecule has 0 N–H and O–H groups in total. The minimum absolute atomic E-state index is 0.931. The summed E-state index contributed by atoms with van der Waals surface area (Å²) >= 11 is 0. The van der Waals surface area contributed by atoms with Crippen molar-refractivity contribution < 1.29 is 0 Å². The summed E-state index contributed by atoms with van der Waals surface area (Å²) in [5.74, 6) is 0.931. The summed E-state index contributed by atoms with van der Waals surface area (Å²) in [5.41, 5.74) is 0.978. The number of hydrogen-bond donors (Lipinski definition) is 0. The molecule has 66 valence electrons. The molecule has 0 saturated heterocycles. The molecule has 1 aliphatic rings. The maximum Gasteiger partial charge on any atom is 0.143 e. The highest BCUT2D eigenvalue weighted by Gasteiger charge is 2.08. The van der Waals surface area contributed by atoms with Crippen molar-refractivity contribution in [3.8, 4) is 0 Å². The lowest BCUT2D eigenvalue weighted by Gasteiger charge is -2.17. The highest BCUT2D eigenvalue weighted by atomic mass is 15.2. The van der Waals surface area contributed by atoms with Crippen LogP contribution in [0.1, 0.15) is 6.92 Å². The Kier molecular flexibility index (Phi) is 1.65. The van der Waals surface area contributed by atoms with E-state index in [1.807, 2.05) is 24.9 Å². The van der Waals surface area contributed by atoms with Gasteiger partial charge in [-0.2, -0.15) is 0 Å². The molecule has 0 amide bonds. The van der Waals surface area contributed by atoms with E-state index < -0.39 is 0 Å². The minimum atomic E-state index is 0.931. The molecular formula is C10H11N3. The highest BCUT2D eigenvalue weighted by molar-refractivity contribution is 5.83. The van der Waals surface area contributed by atoms with Crippen LogP contribution in [0.15, 0.2) is 17.3 Å². The van der Waals surface area contributed by atoms with Crippen LogP contribution in [0.3, 0.4) is 0 Å². The van der Waals surface area contributed by atoms with E-state index in [9.17, 15) is 0 Å². The second-order valence-corrected chi connectivity index (χ2v) is 3.11. The Bertz CT molecular complexity index is 473. The third-order valence-electron chi connectivity index (χ3n) is 2.14. The number of aliphatic imine (C=N–C) groups is 1. The quantitative estimate of drug-likeness (QED) is 0.556. The maximum atomic E-state index is 4.29. The zero-order chi connectivity index (χ0) is 9.42. The van der Waals surface area contributed by atoms with Crippen LogP contribution in [-0.2, 0) is 0 Å². The van der Waals surface area contributed by atoms with Crippen LogP contribution in [0.5, 0.6) is 0 Å². The Balaban J connectivity index is 2.94. The van der Waals surface area contributed by atoms with E-state index in [1.54, 1.807) is 12.5 Å². The largest absolute Gasteiger partial charge is 0.320 e. The molecule has 0 atom stereocenters. The molecule has 2 rings (SSSR count). The van der Waals surface area contributed by atoms with E-state index in [2.05, 4.69) is 16.6 Å². The summed E-state index contributed by atoms with van der Waals surface area (Å²) in [6.07, 6.45) is 3.54. The molecule has 1 aromatic heterocycles. The normalized spacial score (nSPS) is 14.6.